The summed E-state index contributed by atoms with van der Waals surface area (Å²) in [5.41, 5.74) is 1.66. The maximum Gasteiger partial charge on any atom is 0.306 e. The summed E-state index contributed by atoms with van der Waals surface area (Å²) >= 11 is 1.45. The van der Waals surface area contributed by atoms with Gasteiger partial charge in [-0.3, -0.25) is 14.4 Å². The SMILES string of the molecule is Cc1ccc2sc(C(=O)NCCNC(=O)c3ccc(OC4CCC(C(=O)O)CC4)cc3)cc2c1. The minimum Gasteiger partial charge on any atom is -0.490 e. The van der Waals surface area contributed by atoms with Crippen LogP contribution in [0.15, 0.2) is 48.5 Å². The summed E-state index contributed by atoms with van der Waals surface area (Å²) in [6.45, 7) is 2.67. The second-order valence-electron chi connectivity index (χ2n) is 8.62. The number of thiophene rings is 1. The molecule has 0 radical (unpaired) electrons. The number of fused-ring (bicyclic) bond motifs is 1. The van der Waals surface area contributed by atoms with Crippen LogP contribution in [0.1, 0.15) is 51.3 Å². The highest BCUT2D eigenvalue weighted by molar-refractivity contribution is 7.20. The van der Waals surface area contributed by atoms with Gasteiger partial charge in [-0.2, -0.15) is 0 Å². The van der Waals surface area contributed by atoms with Gasteiger partial charge < -0.3 is 20.5 Å². The molecular weight excluding hydrogens is 452 g/mol. The Morgan fingerprint density at radius 1 is 0.941 bits per heavy atom. The quantitative estimate of drug-likeness (QED) is 0.415. The Labute approximate surface area is 202 Å². The van der Waals surface area contributed by atoms with Crippen molar-refractivity contribution in [1.82, 2.24) is 10.6 Å². The molecule has 1 aliphatic rings. The molecule has 3 aromatic rings. The van der Waals surface area contributed by atoms with E-state index in [-0.39, 0.29) is 23.8 Å². The molecule has 8 heteroatoms. The zero-order chi connectivity index (χ0) is 24.1. The van der Waals surface area contributed by atoms with E-state index < -0.39 is 5.97 Å². The summed E-state index contributed by atoms with van der Waals surface area (Å²) in [7, 11) is 0. The zero-order valence-corrected chi connectivity index (χ0v) is 19.8. The van der Waals surface area contributed by atoms with Crippen LogP contribution in [-0.4, -0.2) is 42.1 Å². The minimum atomic E-state index is -0.733. The normalized spacial score (nSPS) is 17.8. The minimum absolute atomic E-state index is 0.00356. The molecule has 1 saturated carbocycles. The van der Waals surface area contributed by atoms with Gasteiger partial charge in [-0.25, -0.2) is 0 Å². The Morgan fingerprint density at radius 3 is 2.29 bits per heavy atom. The van der Waals surface area contributed by atoms with Crippen molar-refractivity contribution in [3.8, 4) is 5.75 Å². The Bertz CT molecular complexity index is 1180. The number of carbonyl (C=O) groups is 3. The zero-order valence-electron chi connectivity index (χ0n) is 19.0. The fourth-order valence-corrected chi connectivity index (χ4v) is 5.08. The number of hydrogen-bond donors (Lipinski definition) is 3. The van der Waals surface area contributed by atoms with Gasteiger partial charge in [0.15, 0.2) is 0 Å². The van der Waals surface area contributed by atoms with E-state index in [0.29, 0.717) is 55.0 Å². The van der Waals surface area contributed by atoms with Crippen LogP contribution in [0.2, 0.25) is 0 Å². The molecular formula is C26H28N2O5S. The van der Waals surface area contributed by atoms with Gasteiger partial charge in [-0.1, -0.05) is 17.7 Å². The van der Waals surface area contributed by atoms with Crippen LogP contribution < -0.4 is 15.4 Å². The van der Waals surface area contributed by atoms with E-state index in [4.69, 9.17) is 9.84 Å². The van der Waals surface area contributed by atoms with Crippen LogP contribution in [-0.2, 0) is 4.79 Å². The third-order valence-corrected chi connectivity index (χ3v) is 7.15. The highest BCUT2D eigenvalue weighted by atomic mass is 32.1. The van der Waals surface area contributed by atoms with Crippen LogP contribution in [0.5, 0.6) is 5.75 Å². The van der Waals surface area contributed by atoms with E-state index in [0.717, 1.165) is 15.6 Å². The number of amides is 2. The summed E-state index contributed by atoms with van der Waals surface area (Å²) in [4.78, 5) is 36.5. The third kappa shape index (κ3) is 5.94. The lowest BCUT2D eigenvalue weighted by Gasteiger charge is -2.26. The van der Waals surface area contributed by atoms with Crippen LogP contribution in [0.3, 0.4) is 0 Å². The standard InChI is InChI=1S/C26H28N2O5S/c1-16-2-11-22-19(14-16)15-23(34-22)25(30)28-13-12-27-24(29)17-3-7-20(8-4-17)33-21-9-5-18(6-10-21)26(31)32/h2-4,7-8,11,14-15,18,21H,5-6,9-10,12-13H2,1H3,(H,27,29)(H,28,30)(H,31,32). The lowest BCUT2D eigenvalue weighted by atomic mass is 9.87. The third-order valence-electron chi connectivity index (χ3n) is 6.03. The van der Waals surface area contributed by atoms with E-state index in [1.807, 2.05) is 25.1 Å². The largest absolute Gasteiger partial charge is 0.490 e. The molecule has 1 aliphatic carbocycles. The summed E-state index contributed by atoms with van der Waals surface area (Å²) < 4.78 is 7.02. The molecule has 2 aromatic carbocycles. The average molecular weight is 481 g/mol. The van der Waals surface area contributed by atoms with E-state index >= 15 is 0 Å². The molecule has 1 aromatic heterocycles. The fraction of sp³-hybridized carbons (Fsp3) is 0.346. The van der Waals surface area contributed by atoms with Gasteiger partial charge in [0.1, 0.15) is 5.75 Å². The molecule has 1 heterocycles. The van der Waals surface area contributed by atoms with E-state index in [1.54, 1.807) is 24.3 Å². The van der Waals surface area contributed by atoms with Crippen LogP contribution in [0, 0.1) is 12.8 Å². The van der Waals surface area contributed by atoms with Gasteiger partial charge in [-0.15, -0.1) is 11.3 Å². The molecule has 0 aliphatic heterocycles. The van der Waals surface area contributed by atoms with Crippen molar-refractivity contribution in [2.75, 3.05) is 13.1 Å². The number of aryl methyl sites for hydroxylation is 1. The predicted octanol–water partition coefficient (Wildman–Crippen LogP) is 4.39. The second-order valence-corrected chi connectivity index (χ2v) is 9.70. The summed E-state index contributed by atoms with van der Waals surface area (Å²) in [5.74, 6) is -0.707. The molecule has 7 nitrogen and oxygen atoms in total. The van der Waals surface area contributed by atoms with Crippen molar-refractivity contribution in [2.45, 2.75) is 38.7 Å². The van der Waals surface area contributed by atoms with Gasteiger partial charge in [0, 0.05) is 23.4 Å². The van der Waals surface area contributed by atoms with Crippen molar-refractivity contribution in [3.05, 3.63) is 64.5 Å². The Hall–Kier alpha value is -3.39. The molecule has 0 saturated heterocycles. The summed E-state index contributed by atoms with van der Waals surface area (Å²) in [6.07, 6.45) is 2.68. The predicted molar refractivity (Wildman–Crippen MR) is 132 cm³/mol. The lowest BCUT2D eigenvalue weighted by Crippen LogP contribution is -2.34. The Morgan fingerprint density at radius 2 is 1.62 bits per heavy atom. The van der Waals surface area contributed by atoms with Crippen molar-refractivity contribution in [2.24, 2.45) is 5.92 Å². The van der Waals surface area contributed by atoms with Crippen LogP contribution in [0.25, 0.3) is 10.1 Å². The van der Waals surface area contributed by atoms with Gasteiger partial charge >= 0.3 is 5.97 Å². The average Bonchev–Trinajstić information content (AvgIpc) is 3.26. The number of rotatable bonds is 8. The number of aliphatic carboxylic acids is 1. The molecule has 0 bridgehead atoms. The number of carbonyl (C=O) groups excluding carboxylic acids is 2. The van der Waals surface area contributed by atoms with Crippen LogP contribution in [0.4, 0.5) is 0 Å². The molecule has 0 unspecified atom stereocenters. The lowest BCUT2D eigenvalue weighted by molar-refractivity contribution is -0.143. The maximum atomic E-state index is 12.4. The Balaban J connectivity index is 1.19. The molecule has 34 heavy (non-hydrogen) atoms. The summed E-state index contributed by atoms with van der Waals surface area (Å²) in [5, 5.41) is 15.8. The molecule has 1 fully saturated rings. The molecule has 3 N–H and O–H groups in total. The van der Waals surface area contributed by atoms with Crippen molar-refractivity contribution in [3.63, 3.8) is 0 Å². The number of hydrogen-bond acceptors (Lipinski definition) is 5. The van der Waals surface area contributed by atoms with Crippen molar-refractivity contribution < 1.29 is 24.2 Å². The van der Waals surface area contributed by atoms with Gasteiger partial charge in [0.2, 0.25) is 0 Å². The molecule has 4 rings (SSSR count). The van der Waals surface area contributed by atoms with Crippen LogP contribution >= 0.6 is 11.3 Å². The molecule has 178 valence electrons. The molecule has 0 atom stereocenters. The number of nitrogens with one attached hydrogen (secondary N) is 2. The number of carboxylic acids is 1. The van der Waals surface area contributed by atoms with Crippen molar-refractivity contribution >= 4 is 39.2 Å². The van der Waals surface area contributed by atoms with E-state index in [9.17, 15) is 14.4 Å². The monoisotopic (exact) mass is 480 g/mol. The van der Waals surface area contributed by atoms with Gasteiger partial charge in [0.25, 0.3) is 11.8 Å². The number of ether oxygens (including phenoxy) is 1. The van der Waals surface area contributed by atoms with Crippen molar-refractivity contribution in [1.29, 1.82) is 0 Å². The first kappa shape index (κ1) is 23.8. The highest BCUT2D eigenvalue weighted by Crippen LogP contribution is 2.28. The topological polar surface area (TPSA) is 105 Å². The highest BCUT2D eigenvalue weighted by Gasteiger charge is 2.26. The van der Waals surface area contributed by atoms with E-state index in [1.165, 1.54) is 11.3 Å². The first-order valence-electron chi connectivity index (χ1n) is 11.4. The second kappa shape index (κ2) is 10.7. The van der Waals surface area contributed by atoms with E-state index in [2.05, 4.69) is 16.7 Å². The number of benzene rings is 2. The maximum absolute atomic E-state index is 12.4. The molecule has 0 spiro atoms. The first-order valence-corrected chi connectivity index (χ1v) is 12.3. The number of carboxylic acid groups (broad SMARTS) is 1. The smallest absolute Gasteiger partial charge is 0.306 e. The van der Waals surface area contributed by atoms with Gasteiger partial charge in [0.05, 0.1) is 16.9 Å². The fourth-order valence-electron chi connectivity index (χ4n) is 4.12. The summed E-state index contributed by atoms with van der Waals surface area (Å²) in [6, 6.07) is 14.9. The first-order chi connectivity index (χ1) is 16.4. The molecule has 2 amide bonds. The van der Waals surface area contributed by atoms with Gasteiger partial charge in [-0.05, 0) is 74.4 Å². The Kier molecular flexibility index (Phi) is 7.47.